The number of carbonyl (C=O) groups is 1. The molecule has 19 heavy (non-hydrogen) atoms. The maximum Gasteiger partial charge on any atom is 0.240 e. The molecule has 4 nitrogen and oxygen atoms in total. The molecule has 4 N–H and O–H groups in total. The molecule has 0 saturated carbocycles. The van der Waals surface area contributed by atoms with Gasteiger partial charge in [-0.2, -0.15) is 0 Å². The number of piperidine rings is 1. The number of nitrogens with one attached hydrogen (secondary N) is 2. The van der Waals surface area contributed by atoms with Crippen molar-refractivity contribution in [1.29, 1.82) is 0 Å². The highest BCUT2D eigenvalue weighted by Crippen LogP contribution is 2.18. The van der Waals surface area contributed by atoms with Gasteiger partial charge in [0.2, 0.25) is 5.91 Å². The Morgan fingerprint density at radius 1 is 1.37 bits per heavy atom. The molecule has 2 rings (SSSR count). The molecular weight excluding hydrogens is 238 g/mol. The van der Waals surface area contributed by atoms with E-state index in [1.807, 2.05) is 31.2 Å². The van der Waals surface area contributed by atoms with Gasteiger partial charge >= 0.3 is 0 Å². The van der Waals surface area contributed by atoms with Crippen LogP contribution in [0.4, 0.5) is 5.69 Å². The largest absolute Gasteiger partial charge is 0.399 e. The van der Waals surface area contributed by atoms with Crippen molar-refractivity contribution in [2.24, 2.45) is 0 Å². The number of carbonyl (C=O) groups excluding carboxylic acids is 1. The molecule has 1 amide bonds. The van der Waals surface area contributed by atoms with Crippen LogP contribution in [0.5, 0.6) is 0 Å². The molecule has 1 aromatic rings. The molecule has 1 saturated heterocycles. The first kappa shape index (κ1) is 13.9. The van der Waals surface area contributed by atoms with E-state index in [0.717, 1.165) is 37.9 Å². The summed E-state index contributed by atoms with van der Waals surface area (Å²) in [7, 11) is 0. The van der Waals surface area contributed by atoms with Gasteiger partial charge in [-0.15, -0.1) is 0 Å². The number of amides is 1. The van der Waals surface area contributed by atoms with E-state index < -0.39 is 0 Å². The Morgan fingerprint density at radius 2 is 2.11 bits per heavy atom. The van der Waals surface area contributed by atoms with Gasteiger partial charge in [0.05, 0.1) is 5.54 Å². The molecule has 0 bridgehead atoms. The Balaban J connectivity index is 1.78. The van der Waals surface area contributed by atoms with E-state index in [-0.39, 0.29) is 11.4 Å². The summed E-state index contributed by atoms with van der Waals surface area (Å²) in [5, 5.41) is 6.35. The summed E-state index contributed by atoms with van der Waals surface area (Å²) in [6.45, 7) is 3.59. The molecule has 0 radical (unpaired) electrons. The average molecular weight is 261 g/mol. The van der Waals surface area contributed by atoms with Gasteiger partial charge in [0.15, 0.2) is 0 Å². The lowest BCUT2D eigenvalue weighted by atomic mass is 9.90. The average Bonchev–Trinajstić information content (AvgIpc) is 2.42. The summed E-state index contributed by atoms with van der Waals surface area (Å²) in [5.74, 6) is 0.114. The molecule has 1 fully saturated rings. The zero-order chi connectivity index (χ0) is 13.7. The second kappa shape index (κ2) is 6.06. The highest BCUT2D eigenvalue weighted by molar-refractivity contribution is 5.85. The van der Waals surface area contributed by atoms with Crippen molar-refractivity contribution in [3.05, 3.63) is 29.8 Å². The van der Waals surface area contributed by atoms with E-state index in [4.69, 9.17) is 5.73 Å². The number of hydrogen-bond acceptors (Lipinski definition) is 3. The van der Waals surface area contributed by atoms with Crippen molar-refractivity contribution in [2.45, 2.75) is 38.1 Å². The third-order valence-corrected chi connectivity index (χ3v) is 3.80. The van der Waals surface area contributed by atoms with E-state index in [1.165, 1.54) is 5.56 Å². The molecule has 104 valence electrons. The number of anilines is 1. The molecule has 1 atom stereocenters. The van der Waals surface area contributed by atoms with Crippen LogP contribution >= 0.6 is 0 Å². The number of benzene rings is 1. The molecule has 0 aromatic heterocycles. The summed E-state index contributed by atoms with van der Waals surface area (Å²) in [6, 6.07) is 7.78. The second-order valence-corrected chi connectivity index (χ2v) is 5.46. The Hall–Kier alpha value is -1.55. The molecule has 4 heteroatoms. The summed E-state index contributed by atoms with van der Waals surface area (Å²) in [5.41, 5.74) is 7.21. The minimum Gasteiger partial charge on any atom is -0.399 e. The Bertz CT molecular complexity index is 422. The van der Waals surface area contributed by atoms with Gasteiger partial charge in [-0.25, -0.2) is 0 Å². The van der Waals surface area contributed by atoms with E-state index in [0.29, 0.717) is 6.54 Å². The van der Waals surface area contributed by atoms with E-state index >= 15 is 0 Å². The number of nitrogen functional groups attached to an aromatic ring is 1. The van der Waals surface area contributed by atoms with Gasteiger partial charge in [0.1, 0.15) is 0 Å². The van der Waals surface area contributed by atoms with Gasteiger partial charge in [-0.3, -0.25) is 4.79 Å². The van der Waals surface area contributed by atoms with Gasteiger partial charge in [0, 0.05) is 12.2 Å². The Morgan fingerprint density at radius 3 is 2.74 bits per heavy atom. The van der Waals surface area contributed by atoms with E-state index in [1.54, 1.807) is 0 Å². The summed E-state index contributed by atoms with van der Waals surface area (Å²) in [4.78, 5) is 12.2. The van der Waals surface area contributed by atoms with Crippen molar-refractivity contribution < 1.29 is 4.79 Å². The minimum atomic E-state index is -0.390. The smallest absolute Gasteiger partial charge is 0.240 e. The fourth-order valence-electron chi connectivity index (χ4n) is 2.45. The number of hydrogen-bond donors (Lipinski definition) is 3. The number of rotatable bonds is 4. The minimum absolute atomic E-state index is 0.114. The van der Waals surface area contributed by atoms with Crippen LogP contribution in [0.2, 0.25) is 0 Å². The maximum absolute atomic E-state index is 12.2. The fraction of sp³-hybridized carbons (Fsp3) is 0.533. The van der Waals surface area contributed by atoms with Crippen LogP contribution in [-0.2, 0) is 11.2 Å². The predicted molar refractivity (Wildman–Crippen MR) is 77.8 cm³/mol. The van der Waals surface area contributed by atoms with Gasteiger partial charge in [-0.1, -0.05) is 12.1 Å². The highest BCUT2D eigenvalue weighted by atomic mass is 16.2. The SMILES string of the molecule is CC1(C(=O)NCCc2ccc(N)cc2)CCCCN1. The van der Waals surface area contributed by atoms with Gasteiger partial charge < -0.3 is 16.4 Å². The van der Waals surface area contributed by atoms with Crippen molar-refractivity contribution >= 4 is 11.6 Å². The van der Waals surface area contributed by atoms with Crippen molar-refractivity contribution in [2.75, 3.05) is 18.8 Å². The van der Waals surface area contributed by atoms with Crippen LogP contribution in [0.25, 0.3) is 0 Å². The van der Waals surface area contributed by atoms with Crippen LogP contribution < -0.4 is 16.4 Å². The normalized spacial score (nSPS) is 23.0. The quantitative estimate of drug-likeness (QED) is 0.719. The molecule has 1 aliphatic heterocycles. The fourth-order valence-corrected chi connectivity index (χ4v) is 2.45. The van der Waals surface area contributed by atoms with Gasteiger partial charge in [0.25, 0.3) is 0 Å². The van der Waals surface area contributed by atoms with Crippen molar-refractivity contribution in [3.8, 4) is 0 Å². The third-order valence-electron chi connectivity index (χ3n) is 3.80. The molecule has 0 spiro atoms. The van der Waals surface area contributed by atoms with Crippen molar-refractivity contribution in [1.82, 2.24) is 10.6 Å². The monoisotopic (exact) mass is 261 g/mol. The summed E-state index contributed by atoms with van der Waals surface area (Å²) in [6.07, 6.45) is 4.03. The first-order valence-corrected chi connectivity index (χ1v) is 6.98. The molecular formula is C15H23N3O. The Kier molecular flexibility index (Phi) is 4.43. The zero-order valence-electron chi connectivity index (χ0n) is 11.5. The second-order valence-electron chi connectivity index (χ2n) is 5.46. The topological polar surface area (TPSA) is 67.2 Å². The van der Waals surface area contributed by atoms with Crippen LogP contribution in [0.1, 0.15) is 31.7 Å². The molecule has 1 unspecified atom stereocenters. The standard InChI is InChI=1S/C15H23N3O/c1-15(9-2-3-10-18-15)14(19)17-11-8-12-4-6-13(16)7-5-12/h4-7,18H,2-3,8-11,16H2,1H3,(H,17,19). The third kappa shape index (κ3) is 3.70. The molecule has 0 aliphatic carbocycles. The van der Waals surface area contributed by atoms with Crippen LogP contribution in [0.3, 0.4) is 0 Å². The molecule has 1 aliphatic rings. The Labute approximate surface area is 114 Å². The molecule has 1 heterocycles. The first-order chi connectivity index (χ1) is 9.10. The first-order valence-electron chi connectivity index (χ1n) is 6.98. The predicted octanol–water partition coefficient (Wildman–Crippen LogP) is 1.46. The lowest BCUT2D eigenvalue weighted by Crippen LogP contribution is -2.57. The summed E-state index contributed by atoms with van der Waals surface area (Å²) < 4.78 is 0. The van der Waals surface area contributed by atoms with Gasteiger partial charge in [-0.05, 0) is 56.8 Å². The van der Waals surface area contributed by atoms with E-state index in [2.05, 4.69) is 10.6 Å². The molecule has 1 aromatic carbocycles. The highest BCUT2D eigenvalue weighted by Gasteiger charge is 2.33. The van der Waals surface area contributed by atoms with Crippen LogP contribution in [0.15, 0.2) is 24.3 Å². The lowest BCUT2D eigenvalue weighted by Gasteiger charge is -2.33. The number of nitrogens with two attached hydrogens (primary N) is 1. The summed E-state index contributed by atoms with van der Waals surface area (Å²) >= 11 is 0. The van der Waals surface area contributed by atoms with Crippen LogP contribution in [-0.4, -0.2) is 24.5 Å². The van der Waals surface area contributed by atoms with Crippen LogP contribution in [0, 0.1) is 0 Å². The zero-order valence-corrected chi connectivity index (χ0v) is 11.5. The van der Waals surface area contributed by atoms with Crippen molar-refractivity contribution in [3.63, 3.8) is 0 Å². The maximum atomic E-state index is 12.2. The lowest BCUT2D eigenvalue weighted by molar-refractivity contribution is -0.127. The van der Waals surface area contributed by atoms with E-state index in [9.17, 15) is 4.79 Å².